The van der Waals surface area contributed by atoms with E-state index in [1.54, 1.807) is 0 Å². The predicted octanol–water partition coefficient (Wildman–Crippen LogP) is 2.31. The van der Waals surface area contributed by atoms with Crippen LogP contribution in [0.3, 0.4) is 0 Å². The van der Waals surface area contributed by atoms with E-state index >= 15 is 0 Å². The number of thioether (sulfide) groups is 1. The van der Waals surface area contributed by atoms with Crippen molar-refractivity contribution in [3.8, 4) is 0 Å². The molecule has 1 aliphatic rings. The molecule has 0 spiro atoms. The predicted molar refractivity (Wildman–Crippen MR) is 68.8 cm³/mol. The number of anilines is 1. The van der Waals surface area contributed by atoms with Gasteiger partial charge in [0.2, 0.25) is 5.95 Å². The summed E-state index contributed by atoms with van der Waals surface area (Å²) in [7, 11) is 0. The van der Waals surface area contributed by atoms with Crippen LogP contribution in [0.4, 0.5) is 5.95 Å². The van der Waals surface area contributed by atoms with Crippen LogP contribution in [0, 0.1) is 0 Å². The first kappa shape index (κ1) is 11.2. The second-order valence-corrected chi connectivity index (χ2v) is 5.26. The lowest BCUT2D eigenvalue weighted by Gasteiger charge is -2.19. The molecule has 5 heteroatoms. The van der Waals surface area contributed by atoms with Gasteiger partial charge < -0.3 is 4.90 Å². The second-order valence-electron chi connectivity index (χ2n) is 3.48. The molecular weight excluding hydrogens is 274 g/mol. The molecule has 82 valence electrons. The maximum atomic E-state index is 4.39. The number of alkyl halides is 1. The normalized spacial score (nSPS) is 17.5. The van der Waals surface area contributed by atoms with Crippen LogP contribution in [-0.2, 0) is 5.33 Å². The molecule has 0 radical (unpaired) electrons. The molecule has 0 aliphatic carbocycles. The third-order valence-corrected chi connectivity index (χ3v) is 4.05. The smallest absolute Gasteiger partial charge is 0.225 e. The molecule has 1 saturated heterocycles. The maximum Gasteiger partial charge on any atom is 0.225 e. The van der Waals surface area contributed by atoms with Crippen LogP contribution in [0.15, 0.2) is 12.4 Å². The van der Waals surface area contributed by atoms with Gasteiger partial charge in [0.25, 0.3) is 0 Å². The lowest BCUT2D eigenvalue weighted by Crippen LogP contribution is -2.27. The highest BCUT2D eigenvalue weighted by Gasteiger charge is 2.11. The first-order valence-corrected chi connectivity index (χ1v) is 7.37. The van der Waals surface area contributed by atoms with Crippen LogP contribution in [0.2, 0.25) is 0 Å². The van der Waals surface area contributed by atoms with E-state index < -0.39 is 0 Å². The topological polar surface area (TPSA) is 29.0 Å². The summed E-state index contributed by atoms with van der Waals surface area (Å²) < 4.78 is 0. The highest BCUT2D eigenvalue weighted by Crippen LogP contribution is 2.15. The average molecular weight is 288 g/mol. The molecule has 0 atom stereocenters. The lowest BCUT2D eigenvalue weighted by molar-refractivity contribution is 0.781. The van der Waals surface area contributed by atoms with Gasteiger partial charge >= 0.3 is 0 Å². The van der Waals surface area contributed by atoms with E-state index in [1.165, 1.54) is 17.9 Å². The molecule has 0 N–H and O–H groups in total. The van der Waals surface area contributed by atoms with Gasteiger partial charge in [0.05, 0.1) is 0 Å². The number of aromatic nitrogens is 2. The van der Waals surface area contributed by atoms with E-state index in [-0.39, 0.29) is 0 Å². The average Bonchev–Trinajstić information content (AvgIpc) is 2.58. The minimum atomic E-state index is 0.823. The maximum absolute atomic E-state index is 4.39. The first-order chi connectivity index (χ1) is 7.40. The zero-order chi connectivity index (χ0) is 10.5. The Labute approximate surface area is 103 Å². The fourth-order valence-electron chi connectivity index (χ4n) is 1.53. The molecule has 1 aromatic heterocycles. The van der Waals surface area contributed by atoms with Gasteiger partial charge in [0.15, 0.2) is 0 Å². The fourth-order valence-corrected chi connectivity index (χ4v) is 2.70. The van der Waals surface area contributed by atoms with Crippen molar-refractivity contribution in [2.24, 2.45) is 0 Å². The Hall–Kier alpha value is -0.290. The van der Waals surface area contributed by atoms with Gasteiger partial charge in [-0.25, -0.2) is 9.97 Å². The Morgan fingerprint density at radius 2 is 2.07 bits per heavy atom. The van der Waals surface area contributed by atoms with Crippen molar-refractivity contribution in [2.75, 3.05) is 29.5 Å². The van der Waals surface area contributed by atoms with Crippen LogP contribution in [-0.4, -0.2) is 34.6 Å². The molecule has 0 aromatic carbocycles. The van der Waals surface area contributed by atoms with Gasteiger partial charge in [-0.05, 0) is 17.7 Å². The quantitative estimate of drug-likeness (QED) is 0.781. The summed E-state index contributed by atoms with van der Waals surface area (Å²) in [4.78, 5) is 11.1. The molecule has 1 aliphatic heterocycles. The molecule has 2 heterocycles. The molecular formula is C10H14BrN3S. The minimum absolute atomic E-state index is 0.823. The largest absolute Gasteiger partial charge is 0.340 e. The summed E-state index contributed by atoms with van der Waals surface area (Å²) in [6, 6.07) is 0. The Balaban J connectivity index is 2.06. The number of nitrogens with zero attached hydrogens (tertiary/aromatic N) is 3. The third-order valence-electron chi connectivity index (χ3n) is 2.35. The van der Waals surface area contributed by atoms with Crippen molar-refractivity contribution in [3.63, 3.8) is 0 Å². The van der Waals surface area contributed by atoms with E-state index in [0.717, 1.165) is 29.9 Å². The van der Waals surface area contributed by atoms with Gasteiger partial charge in [-0.3, -0.25) is 0 Å². The zero-order valence-electron chi connectivity index (χ0n) is 8.53. The third kappa shape index (κ3) is 3.08. The van der Waals surface area contributed by atoms with E-state index in [9.17, 15) is 0 Å². The molecule has 0 amide bonds. The monoisotopic (exact) mass is 287 g/mol. The van der Waals surface area contributed by atoms with Crippen LogP contribution in [0.1, 0.15) is 12.0 Å². The van der Waals surface area contributed by atoms with Crippen LogP contribution in [0.5, 0.6) is 0 Å². The van der Waals surface area contributed by atoms with Gasteiger partial charge in [0, 0.05) is 36.6 Å². The van der Waals surface area contributed by atoms with Crippen molar-refractivity contribution < 1.29 is 0 Å². The minimum Gasteiger partial charge on any atom is -0.340 e. The molecule has 3 nitrogen and oxygen atoms in total. The van der Waals surface area contributed by atoms with Crippen LogP contribution in [0.25, 0.3) is 0 Å². The Bertz CT molecular complexity index is 296. The zero-order valence-corrected chi connectivity index (χ0v) is 10.9. The van der Waals surface area contributed by atoms with Gasteiger partial charge in [-0.2, -0.15) is 11.8 Å². The Kier molecular flexibility index (Phi) is 4.26. The summed E-state index contributed by atoms with van der Waals surface area (Å²) in [6.45, 7) is 2.15. The molecule has 0 bridgehead atoms. The van der Waals surface area contributed by atoms with Gasteiger partial charge in [-0.1, -0.05) is 15.9 Å². The van der Waals surface area contributed by atoms with Crippen molar-refractivity contribution >= 4 is 33.6 Å². The SMILES string of the molecule is BrCc1cnc(N2CCCSCC2)nc1. The fraction of sp³-hybridized carbons (Fsp3) is 0.600. The summed E-state index contributed by atoms with van der Waals surface area (Å²) in [6.07, 6.45) is 5.03. The molecule has 15 heavy (non-hydrogen) atoms. The lowest BCUT2D eigenvalue weighted by atomic mass is 10.4. The molecule has 1 fully saturated rings. The van der Waals surface area contributed by atoms with E-state index in [1.807, 2.05) is 24.2 Å². The summed E-state index contributed by atoms with van der Waals surface area (Å²) in [5, 5.41) is 0.823. The molecule has 1 aromatic rings. The van der Waals surface area contributed by atoms with Gasteiger partial charge in [-0.15, -0.1) is 0 Å². The first-order valence-electron chi connectivity index (χ1n) is 5.10. The number of rotatable bonds is 2. The number of hydrogen-bond donors (Lipinski definition) is 0. The molecule has 0 saturated carbocycles. The van der Waals surface area contributed by atoms with E-state index in [0.29, 0.717) is 0 Å². The van der Waals surface area contributed by atoms with Gasteiger partial charge in [0.1, 0.15) is 0 Å². The van der Waals surface area contributed by atoms with Crippen molar-refractivity contribution in [1.29, 1.82) is 0 Å². The second kappa shape index (κ2) is 5.70. The van der Waals surface area contributed by atoms with E-state index in [4.69, 9.17) is 0 Å². The Morgan fingerprint density at radius 3 is 2.80 bits per heavy atom. The molecule has 2 rings (SSSR count). The van der Waals surface area contributed by atoms with Crippen molar-refractivity contribution in [2.45, 2.75) is 11.8 Å². The standard InChI is InChI=1S/C10H14BrN3S/c11-6-9-7-12-10(13-8-9)14-2-1-4-15-5-3-14/h7-8H,1-6H2. The summed E-state index contributed by atoms with van der Waals surface area (Å²) in [5.74, 6) is 3.32. The molecule has 0 unspecified atom stereocenters. The highest BCUT2D eigenvalue weighted by atomic mass is 79.9. The van der Waals surface area contributed by atoms with Crippen molar-refractivity contribution in [3.05, 3.63) is 18.0 Å². The summed E-state index contributed by atoms with van der Waals surface area (Å²) >= 11 is 5.41. The highest BCUT2D eigenvalue weighted by molar-refractivity contribution is 9.08. The Morgan fingerprint density at radius 1 is 1.27 bits per heavy atom. The van der Waals surface area contributed by atoms with Crippen molar-refractivity contribution in [1.82, 2.24) is 9.97 Å². The number of halogens is 1. The van der Waals surface area contributed by atoms with E-state index in [2.05, 4.69) is 30.8 Å². The summed E-state index contributed by atoms with van der Waals surface area (Å²) in [5.41, 5.74) is 1.13. The van der Waals surface area contributed by atoms with Crippen LogP contribution < -0.4 is 4.90 Å². The number of hydrogen-bond acceptors (Lipinski definition) is 4. The van der Waals surface area contributed by atoms with Crippen LogP contribution >= 0.6 is 27.7 Å².